The summed E-state index contributed by atoms with van der Waals surface area (Å²) in [5, 5.41) is 14.4. The van der Waals surface area contributed by atoms with Crippen LogP contribution in [0, 0.1) is 0 Å². The average molecular weight is 439 g/mol. The number of hydrogen-bond donors (Lipinski definition) is 2. The van der Waals surface area contributed by atoms with Crippen LogP contribution >= 0.6 is 0 Å². The molecule has 0 spiro atoms. The van der Waals surface area contributed by atoms with Crippen LogP contribution in [0.25, 0.3) is 22.4 Å². The van der Waals surface area contributed by atoms with Crippen molar-refractivity contribution < 1.29 is 5.11 Å². The number of nitrogens with one attached hydrogen (secondary N) is 1. The average Bonchev–Trinajstić information content (AvgIpc) is 3.16. The van der Waals surface area contributed by atoms with Crippen molar-refractivity contribution in [3.05, 3.63) is 101 Å². The largest absolute Gasteiger partial charge is 0.388 e. The Morgan fingerprint density at radius 3 is 2.33 bits per heavy atom. The number of aliphatic hydroxyl groups excluding tert-OH is 1. The molecule has 2 aromatic carbocycles. The molecule has 1 aliphatic heterocycles. The van der Waals surface area contributed by atoms with Crippen molar-refractivity contribution in [2.24, 2.45) is 0 Å². The number of pyridine rings is 1. The van der Waals surface area contributed by atoms with Crippen LogP contribution in [0.2, 0.25) is 0 Å². The van der Waals surface area contributed by atoms with E-state index >= 15 is 0 Å². The first-order valence-electron chi connectivity index (χ1n) is 11.1. The number of benzene rings is 2. The first-order valence-corrected chi connectivity index (χ1v) is 11.1. The quantitative estimate of drug-likeness (QED) is 0.481. The van der Waals surface area contributed by atoms with Crippen LogP contribution in [-0.4, -0.2) is 25.2 Å². The van der Waals surface area contributed by atoms with Crippen molar-refractivity contribution in [1.29, 1.82) is 0 Å². The van der Waals surface area contributed by atoms with E-state index in [1.165, 1.54) is 0 Å². The zero-order chi connectivity index (χ0) is 23.0. The van der Waals surface area contributed by atoms with Gasteiger partial charge in [-0.15, -0.1) is 0 Å². The third-order valence-electron chi connectivity index (χ3n) is 6.02. The summed E-state index contributed by atoms with van der Waals surface area (Å²) in [5.41, 5.74) is 4.47. The summed E-state index contributed by atoms with van der Waals surface area (Å²) < 4.78 is 1.67. The van der Waals surface area contributed by atoms with Gasteiger partial charge in [-0.2, -0.15) is 0 Å². The maximum atomic E-state index is 13.5. The molecule has 0 fully saturated rings. The fraction of sp³-hybridized carbons (Fsp3) is 0.222. The minimum Gasteiger partial charge on any atom is -0.388 e. The zero-order valence-corrected chi connectivity index (χ0v) is 18.7. The van der Waals surface area contributed by atoms with Gasteiger partial charge in [0, 0.05) is 29.9 Å². The van der Waals surface area contributed by atoms with E-state index in [1.807, 2.05) is 68.4 Å². The van der Waals surface area contributed by atoms with Crippen LogP contribution in [0.15, 0.2) is 83.9 Å². The lowest BCUT2D eigenvalue weighted by molar-refractivity contribution is 0.178. The molecule has 2 aromatic heterocycles. The van der Waals surface area contributed by atoms with E-state index in [4.69, 9.17) is 4.98 Å². The van der Waals surface area contributed by atoms with Crippen LogP contribution in [0.3, 0.4) is 0 Å². The van der Waals surface area contributed by atoms with E-state index in [9.17, 15) is 9.90 Å². The molecule has 166 valence electrons. The van der Waals surface area contributed by atoms with Crippen molar-refractivity contribution in [1.82, 2.24) is 14.5 Å². The molecule has 3 heterocycles. The first kappa shape index (κ1) is 21.1. The molecule has 0 aliphatic carbocycles. The molecule has 0 saturated carbocycles. The predicted molar refractivity (Wildman–Crippen MR) is 130 cm³/mol. The molecule has 0 saturated heterocycles. The molecular weight excluding hydrogens is 412 g/mol. The molecule has 1 atom stereocenters. The number of aromatic nitrogens is 3. The summed E-state index contributed by atoms with van der Waals surface area (Å²) in [6.07, 6.45) is 2.71. The van der Waals surface area contributed by atoms with Gasteiger partial charge >= 0.3 is 0 Å². The summed E-state index contributed by atoms with van der Waals surface area (Å²) in [7, 11) is 0. The maximum Gasteiger partial charge on any atom is 0.258 e. The number of fused-ring (bicyclic) bond motifs is 1. The fourth-order valence-corrected chi connectivity index (χ4v) is 4.35. The van der Waals surface area contributed by atoms with E-state index in [0.29, 0.717) is 23.8 Å². The van der Waals surface area contributed by atoms with Crippen molar-refractivity contribution >= 4 is 5.95 Å². The van der Waals surface area contributed by atoms with Crippen LogP contribution in [0.1, 0.15) is 31.1 Å². The predicted octanol–water partition coefficient (Wildman–Crippen LogP) is 4.45. The molecule has 0 radical (unpaired) electrons. The van der Waals surface area contributed by atoms with Gasteiger partial charge in [0.25, 0.3) is 5.56 Å². The highest BCUT2D eigenvalue weighted by Crippen LogP contribution is 2.30. The molecule has 4 aromatic rings. The Morgan fingerprint density at radius 2 is 1.64 bits per heavy atom. The number of hydrogen-bond acceptors (Lipinski definition) is 5. The Hall–Kier alpha value is -3.77. The monoisotopic (exact) mass is 438 g/mol. The molecule has 1 unspecified atom stereocenters. The second kappa shape index (κ2) is 8.30. The molecule has 2 N–H and O–H groups in total. The van der Waals surface area contributed by atoms with Crippen LogP contribution in [0.4, 0.5) is 5.95 Å². The van der Waals surface area contributed by atoms with Gasteiger partial charge in [0.05, 0.1) is 23.9 Å². The van der Waals surface area contributed by atoms with Gasteiger partial charge in [0.15, 0.2) is 0 Å². The van der Waals surface area contributed by atoms with E-state index < -0.39 is 6.10 Å². The van der Waals surface area contributed by atoms with Gasteiger partial charge in [0.2, 0.25) is 5.95 Å². The maximum absolute atomic E-state index is 13.5. The number of nitrogens with zero attached hydrogens (tertiary/aromatic N) is 3. The highest BCUT2D eigenvalue weighted by Gasteiger charge is 2.32. The molecule has 5 rings (SSSR count). The SMILES string of the molecule is CC1(C)Cn2c(nc(-c3ccncc3)c(CC(O)c3ccc(-c4ccccc4)cc3)c2=O)N1. The van der Waals surface area contributed by atoms with Crippen molar-refractivity contribution in [3.63, 3.8) is 0 Å². The Labute approximate surface area is 192 Å². The van der Waals surface area contributed by atoms with Crippen molar-refractivity contribution in [2.75, 3.05) is 5.32 Å². The summed E-state index contributed by atoms with van der Waals surface area (Å²) >= 11 is 0. The Kier molecular flexibility index (Phi) is 5.30. The minimum absolute atomic E-state index is 0.121. The van der Waals surface area contributed by atoms with Gasteiger partial charge in [-0.1, -0.05) is 54.6 Å². The van der Waals surface area contributed by atoms with Crippen molar-refractivity contribution in [2.45, 2.75) is 38.5 Å². The third kappa shape index (κ3) is 4.17. The van der Waals surface area contributed by atoms with Gasteiger partial charge in [-0.05, 0) is 42.7 Å². The number of aliphatic hydroxyl groups is 1. The highest BCUT2D eigenvalue weighted by atomic mass is 16.3. The highest BCUT2D eigenvalue weighted by molar-refractivity contribution is 5.65. The topological polar surface area (TPSA) is 80.0 Å². The normalized spacial score (nSPS) is 15.0. The number of rotatable bonds is 5. The van der Waals surface area contributed by atoms with E-state index in [-0.39, 0.29) is 17.5 Å². The molecule has 0 amide bonds. The molecule has 1 aliphatic rings. The molecule has 33 heavy (non-hydrogen) atoms. The minimum atomic E-state index is -0.828. The lowest BCUT2D eigenvalue weighted by Gasteiger charge is -2.16. The number of anilines is 1. The summed E-state index contributed by atoms with van der Waals surface area (Å²) in [5.74, 6) is 0.558. The summed E-state index contributed by atoms with van der Waals surface area (Å²) in [6.45, 7) is 4.60. The second-order valence-corrected chi connectivity index (χ2v) is 9.11. The first-order chi connectivity index (χ1) is 15.9. The third-order valence-corrected chi connectivity index (χ3v) is 6.02. The van der Waals surface area contributed by atoms with Gasteiger partial charge in [0.1, 0.15) is 0 Å². The molecular formula is C27H26N4O2. The van der Waals surface area contributed by atoms with E-state index in [1.54, 1.807) is 17.0 Å². The fourth-order valence-electron chi connectivity index (χ4n) is 4.35. The van der Waals surface area contributed by atoms with E-state index in [0.717, 1.165) is 22.3 Å². The second-order valence-electron chi connectivity index (χ2n) is 9.11. The van der Waals surface area contributed by atoms with Crippen LogP contribution in [-0.2, 0) is 13.0 Å². The smallest absolute Gasteiger partial charge is 0.258 e. The van der Waals surface area contributed by atoms with Gasteiger partial charge in [-0.3, -0.25) is 14.3 Å². The van der Waals surface area contributed by atoms with Crippen LogP contribution < -0.4 is 10.9 Å². The Morgan fingerprint density at radius 1 is 0.970 bits per heavy atom. The molecule has 6 nitrogen and oxygen atoms in total. The molecule has 0 bridgehead atoms. The van der Waals surface area contributed by atoms with E-state index in [2.05, 4.69) is 22.4 Å². The molecule has 6 heteroatoms. The Balaban J connectivity index is 1.51. The zero-order valence-electron chi connectivity index (χ0n) is 18.7. The van der Waals surface area contributed by atoms with Gasteiger partial charge < -0.3 is 10.4 Å². The van der Waals surface area contributed by atoms with Crippen LogP contribution in [0.5, 0.6) is 0 Å². The lowest BCUT2D eigenvalue weighted by atomic mass is 9.96. The van der Waals surface area contributed by atoms with Gasteiger partial charge in [-0.25, -0.2) is 4.98 Å². The summed E-state index contributed by atoms with van der Waals surface area (Å²) in [4.78, 5) is 22.4. The lowest BCUT2D eigenvalue weighted by Crippen LogP contribution is -2.30. The standard InChI is InChI=1S/C27H26N4O2/c1-27(2)17-31-25(33)22(24(29-26(31)30-27)21-12-14-28-15-13-21)16-23(32)20-10-8-19(9-11-20)18-6-4-3-5-7-18/h3-15,23,32H,16-17H2,1-2H3,(H,29,30). The summed E-state index contributed by atoms with van der Waals surface area (Å²) in [6, 6.07) is 21.6. The Bertz CT molecular complexity index is 1330. The van der Waals surface area contributed by atoms with Crippen molar-refractivity contribution in [3.8, 4) is 22.4 Å².